The minimum atomic E-state index is -0.501. The summed E-state index contributed by atoms with van der Waals surface area (Å²) in [6.45, 7) is 4.30. The van der Waals surface area contributed by atoms with E-state index in [1.807, 2.05) is 18.2 Å². The summed E-state index contributed by atoms with van der Waals surface area (Å²) in [5.74, 6) is 1.01. The number of amides is 1. The zero-order valence-corrected chi connectivity index (χ0v) is 21.8. The van der Waals surface area contributed by atoms with Gasteiger partial charge < -0.3 is 19.9 Å². The van der Waals surface area contributed by atoms with Gasteiger partial charge in [-0.25, -0.2) is 0 Å². The number of aromatic amines is 1. The van der Waals surface area contributed by atoms with Crippen molar-refractivity contribution < 1.29 is 9.53 Å². The van der Waals surface area contributed by atoms with Crippen LogP contribution in [0.4, 0.5) is 11.4 Å². The van der Waals surface area contributed by atoms with E-state index in [0.29, 0.717) is 0 Å². The molecule has 2 fully saturated rings. The van der Waals surface area contributed by atoms with Crippen LogP contribution in [0.15, 0.2) is 60.7 Å². The number of nitrogens with one attached hydrogen (secondary N) is 2. The number of hydrogen-bond acceptors (Lipinski definition) is 5. The maximum atomic E-state index is 13.0. The minimum Gasteiger partial charge on any atom is -0.497 e. The van der Waals surface area contributed by atoms with E-state index in [9.17, 15) is 4.79 Å². The summed E-state index contributed by atoms with van der Waals surface area (Å²) in [6, 6.07) is 21.0. The number of H-pyrrole nitrogens is 1. The SMILES string of the molecule is COc1ccc2c(c1)[C@]1(C[C@H]1c1ccc3c(-c4ccc(N5CCN(C)CC5)cc4)n[nH]c3c1)C(=O)N2.Cl. The highest BCUT2D eigenvalue weighted by atomic mass is 35.5. The van der Waals surface area contributed by atoms with E-state index in [2.05, 4.69) is 74.8 Å². The van der Waals surface area contributed by atoms with Crippen LogP contribution in [0.1, 0.15) is 23.5 Å². The van der Waals surface area contributed by atoms with Gasteiger partial charge in [0, 0.05) is 54.4 Å². The molecule has 4 aromatic rings. The third-order valence-corrected chi connectivity index (χ3v) is 8.32. The number of ether oxygens (including phenoxy) is 1. The summed E-state index contributed by atoms with van der Waals surface area (Å²) in [5.41, 5.74) is 6.92. The molecule has 0 radical (unpaired) electrons. The van der Waals surface area contributed by atoms with E-state index >= 15 is 0 Å². The molecule has 0 unspecified atom stereocenters. The molecule has 7 rings (SSSR count). The molecule has 1 aromatic heterocycles. The van der Waals surface area contributed by atoms with Gasteiger partial charge >= 0.3 is 0 Å². The van der Waals surface area contributed by atoms with E-state index in [-0.39, 0.29) is 24.2 Å². The topological polar surface area (TPSA) is 73.5 Å². The van der Waals surface area contributed by atoms with Crippen molar-refractivity contribution in [2.75, 3.05) is 50.6 Å². The van der Waals surface area contributed by atoms with Crippen molar-refractivity contribution in [2.45, 2.75) is 17.8 Å². The smallest absolute Gasteiger partial charge is 0.235 e. The first-order chi connectivity index (χ1) is 17.6. The second-order valence-electron chi connectivity index (χ2n) is 10.3. The van der Waals surface area contributed by atoms with Crippen LogP contribution in [-0.2, 0) is 10.2 Å². The number of halogens is 1. The molecule has 8 heteroatoms. The summed E-state index contributed by atoms with van der Waals surface area (Å²) in [7, 11) is 3.84. The Labute approximate surface area is 222 Å². The number of rotatable bonds is 4. The van der Waals surface area contributed by atoms with Gasteiger partial charge in [-0.2, -0.15) is 5.10 Å². The lowest BCUT2D eigenvalue weighted by atomic mass is 9.91. The molecule has 1 aliphatic carbocycles. The van der Waals surface area contributed by atoms with Crippen molar-refractivity contribution in [3.63, 3.8) is 0 Å². The van der Waals surface area contributed by atoms with E-state index in [4.69, 9.17) is 4.74 Å². The lowest BCUT2D eigenvalue weighted by Crippen LogP contribution is -2.44. The molecule has 1 saturated carbocycles. The molecule has 2 N–H and O–H groups in total. The van der Waals surface area contributed by atoms with E-state index in [0.717, 1.165) is 77.3 Å². The van der Waals surface area contributed by atoms with Crippen LogP contribution in [0.3, 0.4) is 0 Å². The molecule has 0 bridgehead atoms. The van der Waals surface area contributed by atoms with Crippen LogP contribution < -0.4 is 15.0 Å². The predicted octanol–water partition coefficient (Wildman–Crippen LogP) is 4.79. The van der Waals surface area contributed by atoms with Crippen LogP contribution in [0.2, 0.25) is 0 Å². The lowest BCUT2D eigenvalue weighted by molar-refractivity contribution is -0.118. The first kappa shape index (κ1) is 23.8. The first-order valence-electron chi connectivity index (χ1n) is 12.6. The predicted molar refractivity (Wildman–Crippen MR) is 149 cm³/mol. The van der Waals surface area contributed by atoms with Gasteiger partial charge in [-0.05, 0) is 61.0 Å². The van der Waals surface area contributed by atoms with Gasteiger partial charge in [0.15, 0.2) is 0 Å². The third-order valence-electron chi connectivity index (χ3n) is 8.32. The number of fused-ring (bicyclic) bond motifs is 3. The average Bonchev–Trinajstić information content (AvgIpc) is 3.44. The lowest BCUT2D eigenvalue weighted by Gasteiger charge is -2.34. The number of methoxy groups -OCH3 is 1. The molecular formula is C29H30ClN5O2. The van der Waals surface area contributed by atoms with Gasteiger partial charge in [-0.15, -0.1) is 12.4 Å². The van der Waals surface area contributed by atoms with E-state index in [1.165, 1.54) is 5.69 Å². The number of nitrogens with zero attached hydrogens (tertiary/aromatic N) is 3. The molecule has 1 amide bonds. The maximum Gasteiger partial charge on any atom is 0.235 e. The average molecular weight is 516 g/mol. The zero-order valence-electron chi connectivity index (χ0n) is 21.0. The Kier molecular flexibility index (Phi) is 5.66. The molecular weight excluding hydrogens is 486 g/mol. The normalized spacial score (nSPS) is 22.6. The highest BCUT2D eigenvalue weighted by Crippen LogP contribution is 2.65. The summed E-state index contributed by atoms with van der Waals surface area (Å²) in [6.07, 6.45) is 0.805. The molecule has 3 aromatic carbocycles. The number of carbonyl (C=O) groups excluding carboxylic acids is 1. The van der Waals surface area contributed by atoms with Crippen molar-refractivity contribution in [1.29, 1.82) is 0 Å². The molecule has 1 spiro atoms. The van der Waals surface area contributed by atoms with Crippen molar-refractivity contribution in [1.82, 2.24) is 15.1 Å². The number of carbonyl (C=O) groups is 1. The molecule has 3 heterocycles. The van der Waals surface area contributed by atoms with Crippen LogP contribution in [0.5, 0.6) is 5.75 Å². The molecule has 1 saturated heterocycles. The monoisotopic (exact) mass is 515 g/mol. The summed E-state index contributed by atoms with van der Waals surface area (Å²) in [5, 5.41) is 12.1. The Morgan fingerprint density at radius 1 is 1.00 bits per heavy atom. The molecule has 2 atom stereocenters. The van der Waals surface area contributed by atoms with E-state index in [1.54, 1.807) is 7.11 Å². The fourth-order valence-electron chi connectivity index (χ4n) is 6.07. The zero-order chi connectivity index (χ0) is 24.4. The van der Waals surface area contributed by atoms with E-state index < -0.39 is 5.41 Å². The fourth-order valence-corrected chi connectivity index (χ4v) is 6.07. The number of aromatic nitrogens is 2. The standard InChI is InChI=1S/C29H29N5O2.ClH/c1-33-11-13-34(14-12-33)20-6-3-18(4-7-20)27-22-9-5-19(15-26(22)31-32-27)24-17-29(24)23-16-21(36-2)8-10-25(23)30-28(29)35;/h3-10,15-16,24H,11-14,17H2,1-2H3,(H,30,35)(H,31,32);1H/t24-,29-;/m0./s1. The summed E-state index contributed by atoms with van der Waals surface area (Å²) < 4.78 is 5.43. The van der Waals surface area contributed by atoms with Gasteiger partial charge in [0.1, 0.15) is 5.75 Å². The second-order valence-corrected chi connectivity index (χ2v) is 10.3. The first-order valence-corrected chi connectivity index (χ1v) is 12.6. The maximum absolute atomic E-state index is 13.0. The van der Waals surface area contributed by atoms with Gasteiger partial charge in [-0.1, -0.05) is 24.3 Å². The number of anilines is 2. The van der Waals surface area contributed by atoms with Crippen molar-refractivity contribution in [3.8, 4) is 17.0 Å². The van der Waals surface area contributed by atoms with Crippen molar-refractivity contribution in [3.05, 3.63) is 71.8 Å². The van der Waals surface area contributed by atoms with Gasteiger partial charge in [0.05, 0.1) is 23.7 Å². The molecule has 37 heavy (non-hydrogen) atoms. The van der Waals surface area contributed by atoms with Crippen LogP contribution >= 0.6 is 12.4 Å². The molecule has 3 aliphatic rings. The quantitative estimate of drug-likeness (QED) is 0.409. The van der Waals surface area contributed by atoms with Crippen molar-refractivity contribution in [2.24, 2.45) is 0 Å². The second kappa shape index (κ2) is 8.78. The number of hydrogen-bond donors (Lipinski definition) is 2. The Morgan fingerprint density at radius 3 is 2.54 bits per heavy atom. The van der Waals surface area contributed by atoms with Gasteiger partial charge in [0.2, 0.25) is 5.91 Å². The van der Waals surface area contributed by atoms with Crippen molar-refractivity contribution >= 4 is 40.6 Å². The van der Waals surface area contributed by atoms with Gasteiger partial charge in [0.25, 0.3) is 0 Å². The molecule has 7 nitrogen and oxygen atoms in total. The summed E-state index contributed by atoms with van der Waals surface area (Å²) >= 11 is 0. The minimum absolute atomic E-state index is 0. The Bertz CT molecular complexity index is 1490. The number of piperazine rings is 1. The third kappa shape index (κ3) is 3.68. The van der Waals surface area contributed by atoms with Gasteiger partial charge in [-0.3, -0.25) is 9.89 Å². The highest BCUT2D eigenvalue weighted by molar-refractivity contribution is 6.10. The fraction of sp³-hybridized carbons (Fsp3) is 0.310. The van der Waals surface area contributed by atoms with Crippen LogP contribution in [0, 0.1) is 0 Å². The largest absolute Gasteiger partial charge is 0.497 e. The Hall–Kier alpha value is -3.55. The van der Waals surface area contributed by atoms with Crippen LogP contribution in [-0.4, -0.2) is 61.3 Å². The number of likely N-dealkylation sites (N-methyl/N-ethyl adjacent to an activating group) is 1. The summed E-state index contributed by atoms with van der Waals surface area (Å²) in [4.78, 5) is 17.8. The molecule has 190 valence electrons. The number of benzene rings is 3. The van der Waals surface area contributed by atoms with Crippen LogP contribution in [0.25, 0.3) is 22.2 Å². The Morgan fingerprint density at radius 2 is 1.78 bits per heavy atom. The highest BCUT2D eigenvalue weighted by Gasteiger charge is 2.65. The molecule has 2 aliphatic heterocycles. The Balaban J connectivity index is 0.00000252.